The zero-order valence-electron chi connectivity index (χ0n) is 28.3. The van der Waals surface area contributed by atoms with Crippen LogP contribution in [-0.4, -0.2) is 85.5 Å². The number of hydrogen-bond donors (Lipinski definition) is 4. The summed E-state index contributed by atoms with van der Waals surface area (Å²) in [5.41, 5.74) is 13.4. The number of halogens is 1. The van der Waals surface area contributed by atoms with E-state index < -0.39 is 12.2 Å². The van der Waals surface area contributed by atoms with Crippen LogP contribution in [0.1, 0.15) is 93.9 Å². The van der Waals surface area contributed by atoms with E-state index in [4.69, 9.17) is 30.4 Å². The summed E-state index contributed by atoms with van der Waals surface area (Å²) in [4.78, 5) is 46.7. The molecular formula is C32H57ClN4O8. The molecule has 2 amide bonds. The minimum absolute atomic E-state index is 0. The van der Waals surface area contributed by atoms with Crippen LogP contribution in [0, 0.1) is 0 Å². The highest BCUT2D eigenvalue weighted by molar-refractivity contribution is 5.89. The van der Waals surface area contributed by atoms with E-state index in [1.807, 2.05) is 27.7 Å². The molecule has 0 saturated carbocycles. The number of esters is 2. The van der Waals surface area contributed by atoms with E-state index in [1.165, 1.54) is 13.8 Å². The number of carbonyl (C=O) groups is 4. The number of nitrogens with one attached hydrogen (secondary N) is 2. The molecule has 0 unspecified atom stereocenters. The second kappa shape index (κ2) is 22.1. The number of carbonyl (C=O) groups excluding carboxylic acids is 4. The van der Waals surface area contributed by atoms with Crippen LogP contribution in [0.2, 0.25) is 0 Å². The Bertz CT molecular complexity index is 922. The van der Waals surface area contributed by atoms with E-state index in [1.54, 1.807) is 26.0 Å². The molecule has 13 heteroatoms. The first kappa shape index (κ1) is 42.5. The van der Waals surface area contributed by atoms with E-state index in [0.717, 1.165) is 25.7 Å². The first-order chi connectivity index (χ1) is 20.8. The molecule has 0 heterocycles. The fourth-order valence-electron chi connectivity index (χ4n) is 5.24. The Morgan fingerprint density at radius 2 is 1.00 bits per heavy atom. The molecule has 0 aromatic heterocycles. The average molecular weight is 661 g/mol. The number of hydrogen-bond acceptors (Lipinski definition) is 10. The van der Waals surface area contributed by atoms with E-state index in [0.29, 0.717) is 37.2 Å². The largest absolute Gasteiger partial charge is 0.463 e. The van der Waals surface area contributed by atoms with Crippen LogP contribution in [0.25, 0.3) is 0 Å². The predicted octanol–water partition coefficient (Wildman–Crippen LogP) is 2.99. The Morgan fingerprint density at radius 3 is 1.24 bits per heavy atom. The molecule has 260 valence electrons. The van der Waals surface area contributed by atoms with Crippen LogP contribution < -0.4 is 22.1 Å². The van der Waals surface area contributed by atoms with Crippen molar-refractivity contribution in [2.24, 2.45) is 11.5 Å². The fourth-order valence-corrected chi connectivity index (χ4v) is 5.24. The third-order valence-corrected chi connectivity index (χ3v) is 7.61. The van der Waals surface area contributed by atoms with Gasteiger partial charge in [-0.25, -0.2) is 9.59 Å². The van der Waals surface area contributed by atoms with Gasteiger partial charge in [-0.1, -0.05) is 27.7 Å². The topological polar surface area (TPSA) is 181 Å². The predicted molar refractivity (Wildman–Crippen MR) is 176 cm³/mol. The summed E-state index contributed by atoms with van der Waals surface area (Å²) in [5, 5.41) is 5.68. The third-order valence-electron chi connectivity index (χ3n) is 7.61. The van der Waals surface area contributed by atoms with Gasteiger partial charge in [0.05, 0.1) is 49.7 Å². The third kappa shape index (κ3) is 14.2. The second-order valence-electron chi connectivity index (χ2n) is 11.1. The lowest BCUT2D eigenvalue weighted by molar-refractivity contribution is -0.140. The molecule has 0 spiro atoms. The van der Waals surface area contributed by atoms with Gasteiger partial charge in [0.15, 0.2) is 0 Å². The van der Waals surface area contributed by atoms with Crippen molar-refractivity contribution in [3.05, 3.63) is 23.3 Å². The van der Waals surface area contributed by atoms with Gasteiger partial charge in [0, 0.05) is 37.1 Å². The molecule has 0 bridgehead atoms. The molecule has 0 aromatic carbocycles. The molecule has 0 aliphatic heterocycles. The van der Waals surface area contributed by atoms with Gasteiger partial charge in [0.25, 0.3) is 0 Å². The number of nitrogens with two attached hydrogens (primary N) is 2. The van der Waals surface area contributed by atoms with Crippen molar-refractivity contribution in [1.29, 1.82) is 0 Å². The van der Waals surface area contributed by atoms with Crippen molar-refractivity contribution in [2.75, 3.05) is 13.2 Å². The first-order valence-corrected chi connectivity index (χ1v) is 16.0. The number of amides is 2. The SMILES string of the molecule is CCOC(=O)C1=C[C@@H](OC(CC)CC)[C@@H](NC(C)=O)[C@H](N)C1.CCOC(=O)C1=C[C@H](OC(CC)CC)[C@H](NC(C)=O)[C@@H](N)C1.Cl. The molecule has 6 N–H and O–H groups in total. The molecule has 0 radical (unpaired) electrons. The first-order valence-electron chi connectivity index (χ1n) is 16.0. The maximum absolute atomic E-state index is 12.0. The zero-order valence-corrected chi connectivity index (χ0v) is 29.1. The Morgan fingerprint density at radius 1 is 0.689 bits per heavy atom. The molecule has 2 rings (SSSR count). The molecule has 6 atom stereocenters. The summed E-state index contributed by atoms with van der Waals surface area (Å²) in [7, 11) is 0. The molecular weight excluding hydrogens is 604 g/mol. The van der Waals surface area contributed by atoms with Crippen molar-refractivity contribution in [3.63, 3.8) is 0 Å². The Balaban J connectivity index is 0.000000842. The smallest absolute Gasteiger partial charge is 0.333 e. The number of ether oxygens (including phenoxy) is 4. The zero-order chi connectivity index (χ0) is 33.4. The molecule has 0 fully saturated rings. The monoisotopic (exact) mass is 660 g/mol. The van der Waals surface area contributed by atoms with E-state index in [-0.39, 0.29) is 72.5 Å². The van der Waals surface area contributed by atoms with Crippen LogP contribution in [0.15, 0.2) is 23.3 Å². The van der Waals surface area contributed by atoms with Gasteiger partial charge >= 0.3 is 11.9 Å². The van der Waals surface area contributed by atoms with Crippen LogP contribution >= 0.6 is 12.4 Å². The van der Waals surface area contributed by atoms with Crippen molar-refractivity contribution in [2.45, 2.75) is 142 Å². The Hall–Kier alpha value is -2.51. The normalized spacial score (nSPS) is 24.3. The fraction of sp³-hybridized carbons (Fsp3) is 0.750. The van der Waals surface area contributed by atoms with Gasteiger partial charge in [-0.15, -0.1) is 12.4 Å². The average Bonchev–Trinajstić information content (AvgIpc) is 2.97. The van der Waals surface area contributed by atoms with Crippen LogP contribution in [0.4, 0.5) is 0 Å². The summed E-state index contributed by atoms with van der Waals surface area (Å²) in [5.74, 6) is -1.05. The lowest BCUT2D eigenvalue weighted by atomic mass is 9.88. The highest BCUT2D eigenvalue weighted by Crippen LogP contribution is 2.25. The Kier molecular flexibility index (Phi) is 20.9. The quantitative estimate of drug-likeness (QED) is 0.202. The van der Waals surface area contributed by atoms with Crippen LogP contribution in [0.3, 0.4) is 0 Å². The minimum Gasteiger partial charge on any atom is -0.463 e. The summed E-state index contributed by atoms with van der Waals surface area (Å²) in [6.07, 6.45) is 6.95. The van der Waals surface area contributed by atoms with Gasteiger partial charge in [-0.3, -0.25) is 9.59 Å². The van der Waals surface area contributed by atoms with Crippen molar-refractivity contribution >= 4 is 36.2 Å². The molecule has 0 aromatic rings. The summed E-state index contributed by atoms with van der Waals surface area (Å²) < 4.78 is 22.2. The summed E-state index contributed by atoms with van der Waals surface area (Å²) >= 11 is 0. The standard InChI is InChI=1S/2C16H28N2O4.ClH/c2*1-5-12(6-2)22-14-9-11(16(20)21-7-3)8-13(17)15(14)18-10(4)19;/h2*9,12-15H,5-8,17H2,1-4H3,(H,18,19);1H/t2*13-,14-,15+;/m10./s1. The second-order valence-corrected chi connectivity index (χ2v) is 11.1. The minimum atomic E-state index is -0.419. The van der Waals surface area contributed by atoms with Crippen molar-refractivity contribution in [3.8, 4) is 0 Å². The maximum Gasteiger partial charge on any atom is 0.333 e. The highest BCUT2D eigenvalue weighted by atomic mass is 35.5. The lowest BCUT2D eigenvalue weighted by Gasteiger charge is -2.36. The molecule has 12 nitrogen and oxygen atoms in total. The molecule has 0 saturated heterocycles. The number of rotatable bonds is 14. The lowest BCUT2D eigenvalue weighted by Crippen LogP contribution is -2.57. The van der Waals surface area contributed by atoms with E-state index in [9.17, 15) is 19.2 Å². The molecule has 45 heavy (non-hydrogen) atoms. The maximum atomic E-state index is 12.0. The van der Waals surface area contributed by atoms with Gasteiger partial charge in [-0.05, 0) is 64.5 Å². The van der Waals surface area contributed by atoms with Crippen molar-refractivity contribution < 1.29 is 38.1 Å². The summed E-state index contributed by atoms with van der Waals surface area (Å²) in [6, 6.07) is -1.44. The molecule has 2 aliphatic rings. The Labute approximate surface area is 275 Å². The molecule has 2 aliphatic carbocycles. The highest BCUT2D eigenvalue weighted by Gasteiger charge is 2.37. The van der Waals surface area contributed by atoms with Crippen LogP contribution in [0.5, 0.6) is 0 Å². The summed E-state index contributed by atoms with van der Waals surface area (Å²) in [6.45, 7) is 15.2. The van der Waals surface area contributed by atoms with Crippen molar-refractivity contribution in [1.82, 2.24) is 10.6 Å². The van der Waals surface area contributed by atoms with E-state index >= 15 is 0 Å². The van der Waals surface area contributed by atoms with E-state index in [2.05, 4.69) is 10.6 Å². The van der Waals surface area contributed by atoms with Gasteiger partial charge in [0.1, 0.15) is 0 Å². The van der Waals surface area contributed by atoms with Gasteiger partial charge in [0.2, 0.25) is 11.8 Å². The van der Waals surface area contributed by atoms with Crippen LogP contribution in [-0.2, 0) is 38.1 Å². The van der Waals surface area contributed by atoms with Gasteiger partial charge in [-0.2, -0.15) is 0 Å². The van der Waals surface area contributed by atoms with Gasteiger partial charge < -0.3 is 41.0 Å².